The van der Waals surface area contributed by atoms with Gasteiger partial charge in [-0.25, -0.2) is 9.29 Å². The first-order chi connectivity index (χ1) is 18.7. The molecule has 2 aromatic heterocycles. The van der Waals surface area contributed by atoms with Gasteiger partial charge >= 0.3 is 5.97 Å². The van der Waals surface area contributed by atoms with Crippen LogP contribution in [0.1, 0.15) is 65.2 Å². The Morgan fingerprint density at radius 2 is 2.00 bits per heavy atom. The van der Waals surface area contributed by atoms with E-state index >= 15 is 0 Å². The minimum atomic E-state index is -2.50. The van der Waals surface area contributed by atoms with Crippen LogP contribution in [-0.4, -0.2) is 62.3 Å². The average Bonchev–Trinajstić information content (AvgIpc) is 3.69. The number of methoxy groups -OCH3 is 1. The fourth-order valence-corrected chi connectivity index (χ4v) is 5.25. The Morgan fingerprint density at radius 3 is 2.59 bits per heavy atom. The molecule has 0 spiro atoms. The van der Waals surface area contributed by atoms with Crippen molar-refractivity contribution in [1.82, 2.24) is 14.6 Å². The van der Waals surface area contributed by atoms with Gasteiger partial charge in [0.1, 0.15) is 5.76 Å². The normalized spacial score (nSPS) is 15.0. The van der Waals surface area contributed by atoms with Crippen molar-refractivity contribution in [2.24, 2.45) is 5.92 Å². The van der Waals surface area contributed by atoms with Gasteiger partial charge in [-0.15, -0.1) is 0 Å². The predicted octanol–water partition coefficient (Wildman–Crippen LogP) is 4.15. The molecule has 1 fully saturated rings. The Morgan fingerprint density at radius 1 is 1.28 bits per heavy atom. The molecule has 0 saturated heterocycles. The third kappa shape index (κ3) is 6.91. The predicted molar refractivity (Wildman–Crippen MR) is 146 cm³/mol. The van der Waals surface area contributed by atoms with E-state index in [9.17, 15) is 23.5 Å². The highest BCUT2D eigenvalue weighted by Gasteiger charge is 2.31. The highest BCUT2D eigenvalue weighted by atomic mass is 32.2. The molecule has 39 heavy (non-hydrogen) atoms. The van der Waals surface area contributed by atoms with E-state index in [1.54, 1.807) is 7.05 Å². The number of hydrogen-bond donors (Lipinski definition) is 2. The number of furan rings is 1. The van der Waals surface area contributed by atoms with Crippen molar-refractivity contribution in [3.8, 4) is 11.3 Å². The van der Waals surface area contributed by atoms with Gasteiger partial charge in [0.2, 0.25) is 5.71 Å². The number of nitrogens with zero attached hydrogens (tertiary/aromatic N) is 2. The Labute approximate surface area is 230 Å². The van der Waals surface area contributed by atoms with Gasteiger partial charge in [0.05, 0.1) is 35.7 Å². The molecule has 1 unspecified atom stereocenters. The van der Waals surface area contributed by atoms with Gasteiger partial charge in [-0.1, -0.05) is 36.2 Å². The van der Waals surface area contributed by atoms with Crippen molar-refractivity contribution < 1.29 is 32.6 Å². The smallest absolute Gasteiger partial charge is 0.308 e. The molecule has 1 amide bonds. The van der Waals surface area contributed by atoms with Crippen LogP contribution in [0.3, 0.4) is 0 Å². The van der Waals surface area contributed by atoms with E-state index in [0.29, 0.717) is 41.7 Å². The molecule has 2 atom stereocenters. The van der Waals surface area contributed by atoms with Crippen LogP contribution in [0.15, 0.2) is 34.7 Å². The molecule has 4 rings (SSSR count). The topological polar surface area (TPSA) is 145 Å². The van der Waals surface area contributed by atoms with Crippen LogP contribution in [0.2, 0.25) is 0 Å². The van der Waals surface area contributed by atoms with E-state index in [-0.39, 0.29) is 37.2 Å². The van der Waals surface area contributed by atoms with Crippen LogP contribution in [0.25, 0.3) is 22.4 Å². The van der Waals surface area contributed by atoms with E-state index in [0.717, 1.165) is 29.5 Å². The van der Waals surface area contributed by atoms with Crippen LogP contribution in [-0.2, 0) is 27.3 Å². The molecule has 0 bridgehead atoms. The lowest BCUT2D eigenvalue weighted by molar-refractivity contribution is -0.143. The minimum absolute atomic E-state index is 0.0637. The van der Waals surface area contributed by atoms with Crippen LogP contribution < -0.4 is 5.32 Å². The Kier molecular flexibility index (Phi) is 9.49. The summed E-state index contributed by atoms with van der Waals surface area (Å²) in [7, 11) is 3.03. The summed E-state index contributed by atoms with van der Waals surface area (Å²) in [5.74, 6) is -1.16. The maximum Gasteiger partial charge on any atom is 0.308 e. The molecule has 2 heterocycles. The van der Waals surface area contributed by atoms with Gasteiger partial charge in [-0.05, 0) is 50.2 Å². The number of aliphatic carboxylic acids is 1. The number of carboxylic acids is 1. The van der Waals surface area contributed by atoms with Crippen LogP contribution >= 0.6 is 0 Å². The van der Waals surface area contributed by atoms with E-state index in [1.165, 1.54) is 11.4 Å². The number of benzene rings is 1. The second-order valence-electron chi connectivity index (χ2n) is 9.97. The maximum absolute atomic E-state index is 12.9. The molecule has 2 N–H and O–H groups in total. The number of amides is 1. The molecular formula is C28H34N3O7S-. The van der Waals surface area contributed by atoms with Gasteiger partial charge in [0, 0.05) is 37.5 Å². The standard InChI is InChI=1S/C28H35N3O7S/c1-17-7-9-19(10-8-17)25-24(26(32)29-2)22-14-21(18-11-12-18)23(30-27(22)38-25)15-31(39(35)36)13-5-4-6-20(16-37-3)28(33)34/h7-10,14,18,20H,4-6,11-13,15-16H2,1-3H3,(H,29,32)(H,33,34)(H,35,36)/p-1/t20-/m1/s1. The molecule has 0 aliphatic heterocycles. The van der Waals surface area contributed by atoms with E-state index in [4.69, 9.17) is 14.1 Å². The number of nitrogens with one attached hydrogen (secondary N) is 1. The lowest BCUT2D eigenvalue weighted by Gasteiger charge is -2.25. The van der Waals surface area contributed by atoms with E-state index < -0.39 is 23.2 Å². The summed E-state index contributed by atoms with van der Waals surface area (Å²) in [6.07, 6.45) is 3.38. The maximum atomic E-state index is 12.9. The van der Waals surface area contributed by atoms with Crippen molar-refractivity contribution >= 4 is 34.2 Å². The van der Waals surface area contributed by atoms with Gasteiger partial charge < -0.3 is 24.1 Å². The molecule has 1 saturated carbocycles. The van der Waals surface area contributed by atoms with Crippen LogP contribution in [0.5, 0.6) is 0 Å². The van der Waals surface area contributed by atoms with Crippen LogP contribution in [0, 0.1) is 12.8 Å². The summed E-state index contributed by atoms with van der Waals surface area (Å²) >= 11 is -2.50. The number of carbonyl (C=O) groups excluding carboxylic acids is 1. The third-order valence-corrected chi connectivity index (χ3v) is 7.78. The second kappa shape index (κ2) is 12.8. The number of unbranched alkanes of at least 4 members (excludes halogenated alkanes) is 1. The largest absolute Gasteiger partial charge is 0.760 e. The Hall–Kier alpha value is -3.12. The molecule has 210 valence electrons. The molecule has 11 heteroatoms. The van der Waals surface area contributed by atoms with Crippen molar-refractivity contribution in [1.29, 1.82) is 0 Å². The van der Waals surface area contributed by atoms with E-state index in [2.05, 4.69) is 5.32 Å². The summed E-state index contributed by atoms with van der Waals surface area (Å²) in [6.45, 7) is 2.39. The molecule has 3 aromatic rings. The number of carbonyl (C=O) groups is 2. The van der Waals surface area contributed by atoms with Gasteiger partial charge in [-0.3, -0.25) is 13.8 Å². The summed E-state index contributed by atoms with van der Waals surface area (Å²) in [5, 5.41) is 12.6. The fourth-order valence-electron chi connectivity index (χ4n) is 4.74. The zero-order chi connectivity index (χ0) is 28.1. The van der Waals surface area contributed by atoms with Crippen molar-refractivity contribution in [2.75, 3.05) is 27.3 Å². The first kappa shape index (κ1) is 28.9. The molecule has 1 aliphatic carbocycles. The number of hydrogen-bond acceptors (Lipinski definition) is 7. The first-order valence-electron chi connectivity index (χ1n) is 13.0. The second-order valence-corrected chi connectivity index (χ2v) is 10.9. The highest BCUT2D eigenvalue weighted by molar-refractivity contribution is 7.76. The van der Waals surface area contributed by atoms with Gasteiger partial charge in [0.25, 0.3) is 5.91 Å². The summed E-state index contributed by atoms with van der Waals surface area (Å²) < 4.78 is 36.6. The van der Waals surface area contributed by atoms with E-state index in [1.807, 2.05) is 37.3 Å². The van der Waals surface area contributed by atoms with Crippen molar-refractivity contribution in [3.05, 3.63) is 52.7 Å². The fraction of sp³-hybridized carbons (Fsp3) is 0.464. The monoisotopic (exact) mass is 556 g/mol. The number of pyridine rings is 1. The molecule has 10 nitrogen and oxygen atoms in total. The molecule has 1 aliphatic rings. The summed E-state index contributed by atoms with van der Waals surface area (Å²) in [4.78, 5) is 29.0. The highest BCUT2D eigenvalue weighted by Crippen LogP contribution is 2.44. The Balaban J connectivity index is 1.62. The number of ether oxygens (including phenoxy) is 1. The number of fused-ring (bicyclic) bond motifs is 1. The molecule has 1 aromatic carbocycles. The summed E-state index contributed by atoms with van der Waals surface area (Å²) in [6, 6.07) is 9.60. The van der Waals surface area contributed by atoms with Crippen molar-refractivity contribution in [3.63, 3.8) is 0 Å². The zero-order valence-electron chi connectivity index (χ0n) is 22.4. The SMILES string of the molecule is CNC(=O)c1c(-c2ccc(C)cc2)oc2nc(CN(CCCC[C@H](COC)C(=O)O)S(=O)[O-])c(C3CC3)cc12. The number of aromatic nitrogens is 1. The average molecular weight is 557 g/mol. The zero-order valence-corrected chi connectivity index (χ0v) is 23.2. The lowest BCUT2D eigenvalue weighted by atomic mass is 10.0. The molecular weight excluding hydrogens is 522 g/mol. The van der Waals surface area contributed by atoms with Gasteiger partial charge in [0.15, 0.2) is 0 Å². The van der Waals surface area contributed by atoms with Gasteiger partial charge in [-0.2, -0.15) is 0 Å². The lowest BCUT2D eigenvalue weighted by Crippen LogP contribution is -2.28. The molecule has 0 radical (unpaired) electrons. The van der Waals surface area contributed by atoms with Crippen molar-refractivity contribution in [2.45, 2.75) is 51.5 Å². The Bertz CT molecular complexity index is 1350. The van der Waals surface area contributed by atoms with Crippen LogP contribution in [0.4, 0.5) is 0 Å². The third-order valence-electron chi connectivity index (χ3n) is 7.04. The summed E-state index contributed by atoms with van der Waals surface area (Å²) in [5.41, 5.74) is 4.04. The first-order valence-corrected chi connectivity index (χ1v) is 14.1. The number of rotatable bonds is 14. The number of aryl methyl sites for hydroxylation is 1. The minimum Gasteiger partial charge on any atom is -0.760 e. The quantitative estimate of drug-likeness (QED) is 0.222. The number of carboxylic acid groups (broad SMARTS) is 1.